The summed E-state index contributed by atoms with van der Waals surface area (Å²) in [6, 6.07) is 0. The van der Waals surface area contributed by atoms with Crippen molar-refractivity contribution in [1.82, 2.24) is 0 Å². The van der Waals surface area contributed by atoms with Crippen molar-refractivity contribution in [3.63, 3.8) is 0 Å². The van der Waals surface area contributed by atoms with E-state index >= 15 is 0 Å². The van der Waals surface area contributed by atoms with Gasteiger partial charge in [-0.1, -0.05) is 109 Å². The number of hydrogen-bond acceptors (Lipinski definition) is 0. The van der Waals surface area contributed by atoms with E-state index in [1.807, 2.05) is 0 Å². The third kappa shape index (κ3) is 2.80. The van der Waals surface area contributed by atoms with Gasteiger partial charge in [-0.15, -0.1) is 0 Å². The molecular formula is C32H56. The zero-order valence-electron chi connectivity index (χ0n) is 24.1. The summed E-state index contributed by atoms with van der Waals surface area (Å²) in [4.78, 5) is 0. The zero-order chi connectivity index (χ0) is 24.3. The van der Waals surface area contributed by atoms with Crippen LogP contribution in [0.5, 0.6) is 0 Å². The average molecular weight is 441 g/mol. The predicted molar refractivity (Wildman–Crippen MR) is 140 cm³/mol. The second-order valence-corrected chi connectivity index (χ2v) is 15.7. The Morgan fingerprint density at radius 1 is 0.438 bits per heavy atom. The molecule has 12 atom stereocenters. The molecule has 4 rings (SSSR count). The number of fused-ring (bicyclic) bond motifs is 3. The van der Waals surface area contributed by atoms with Crippen LogP contribution in [0.2, 0.25) is 0 Å². The first kappa shape index (κ1) is 24.9. The van der Waals surface area contributed by atoms with Crippen LogP contribution in [0.15, 0.2) is 12.2 Å². The highest BCUT2D eigenvalue weighted by Gasteiger charge is 2.69. The highest BCUT2D eigenvalue weighted by atomic mass is 14.7. The van der Waals surface area contributed by atoms with Gasteiger partial charge in [-0.3, -0.25) is 0 Å². The van der Waals surface area contributed by atoms with Crippen LogP contribution in [0.4, 0.5) is 0 Å². The zero-order valence-corrected chi connectivity index (χ0v) is 24.1. The Labute approximate surface area is 201 Å². The highest BCUT2D eigenvalue weighted by molar-refractivity contribution is 5.20. The van der Waals surface area contributed by atoms with E-state index < -0.39 is 0 Å². The second kappa shape index (κ2) is 7.13. The van der Waals surface area contributed by atoms with Gasteiger partial charge < -0.3 is 0 Å². The first-order chi connectivity index (χ1) is 14.4. The number of hydrogen-bond donors (Lipinski definition) is 0. The van der Waals surface area contributed by atoms with Gasteiger partial charge in [0.25, 0.3) is 0 Å². The van der Waals surface area contributed by atoms with Crippen LogP contribution in [0.1, 0.15) is 96.9 Å². The Bertz CT molecular complexity index is 699. The molecule has 0 bridgehead atoms. The molecule has 0 aromatic carbocycles. The van der Waals surface area contributed by atoms with E-state index in [9.17, 15) is 0 Å². The van der Waals surface area contributed by atoms with Gasteiger partial charge in [-0.25, -0.2) is 0 Å². The van der Waals surface area contributed by atoms with Gasteiger partial charge in [0.1, 0.15) is 0 Å². The molecule has 12 unspecified atom stereocenters. The van der Waals surface area contributed by atoms with Crippen LogP contribution in [0.3, 0.4) is 0 Å². The maximum Gasteiger partial charge on any atom is -0.0225 e. The minimum Gasteiger partial charge on any atom is -0.0851 e. The molecule has 3 fully saturated rings. The summed E-state index contributed by atoms with van der Waals surface area (Å²) in [5.41, 5.74) is 1.53. The lowest BCUT2D eigenvalue weighted by molar-refractivity contribution is -0.257. The summed E-state index contributed by atoms with van der Waals surface area (Å²) < 4.78 is 0. The average Bonchev–Trinajstić information content (AvgIpc) is 2.66. The van der Waals surface area contributed by atoms with Crippen LogP contribution >= 0.6 is 0 Å². The molecule has 0 N–H and O–H groups in total. The van der Waals surface area contributed by atoms with Gasteiger partial charge in [-0.05, 0) is 92.7 Å². The molecule has 0 spiro atoms. The van der Waals surface area contributed by atoms with Gasteiger partial charge in [0.15, 0.2) is 0 Å². The summed E-state index contributed by atoms with van der Waals surface area (Å²) in [7, 11) is 0. The topological polar surface area (TPSA) is 0 Å². The molecule has 0 nitrogen and oxygen atoms in total. The standard InChI is InChI=1S/C32H56/c1-17-15-16-18(2)26-25(17)29(7,8)27-19(3)23-21(5)31(11,12)32(13,14)22(6)24(23)20(4)28(27)30(26,9)10/h15-28H,1-14H3. The number of allylic oxidation sites excluding steroid dienone is 2. The van der Waals surface area contributed by atoms with Crippen molar-refractivity contribution in [1.29, 1.82) is 0 Å². The van der Waals surface area contributed by atoms with E-state index in [-0.39, 0.29) is 0 Å². The van der Waals surface area contributed by atoms with E-state index in [0.29, 0.717) is 33.5 Å². The molecule has 4 aliphatic rings. The van der Waals surface area contributed by atoms with Crippen LogP contribution < -0.4 is 0 Å². The molecule has 32 heavy (non-hydrogen) atoms. The van der Waals surface area contributed by atoms with Crippen molar-refractivity contribution in [3.05, 3.63) is 12.2 Å². The normalized spacial score (nSPS) is 54.8. The van der Waals surface area contributed by atoms with Crippen molar-refractivity contribution in [2.24, 2.45) is 92.7 Å². The highest BCUT2D eigenvalue weighted by Crippen LogP contribution is 2.74. The molecular weight excluding hydrogens is 384 g/mol. The summed E-state index contributed by atoms with van der Waals surface area (Å²) in [5, 5.41) is 0. The van der Waals surface area contributed by atoms with Crippen molar-refractivity contribution in [3.8, 4) is 0 Å². The Morgan fingerprint density at radius 2 is 0.719 bits per heavy atom. The SMILES string of the molecule is CC1C=CC(C)C2C1C(C)(C)C1C(C)C3C(C(C)C1C2(C)C)C(C)C(C)(C)C(C)(C)C3C. The van der Waals surface area contributed by atoms with E-state index in [1.54, 1.807) is 0 Å². The second-order valence-electron chi connectivity index (χ2n) is 15.7. The number of rotatable bonds is 0. The lowest BCUT2D eigenvalue weighted by atomic mass is 9.31. The van der Waals surface area contributed by atoms with E-state index in [2.05, 4.69) is 109 Å². The van der Waals surface area contributed by atoms with Gasteiger partial charge in [0.05, 0.1) is 0 Å². The van der Waals surface area contributed by atoms with Crippen molar-refractivity contribution >= 4 is 0 Å². The van der Waals surface area contributed by atoms with Crippen LogP contribution in [0.25, 0.3) is 0 Å². The first-order valence-electron chi connectivity index (χ1n) is 14.1. The fourth-order valence-corrected chi connectivity index (χ4v) is 11.8. The third-order valence-electron chi connectivity index (χ3n) is 13.9. The minimum absolute atomic E-state index is 0.376. The predicted octanol–water partition coefficient (Wildman–Crippen LogP) is 9.22. The molecule has 0 aromatic heterocycles. The monoisotopic (exact) mass is 440 g/mol. The molecule has 4 aliphatic carbocycles. The summed E-state index contributed by atoms with van der Waals surface area (Å²) in [5.74, 6) is 9.49. The third-order valence-corrected chi connectivity index (χ3v) is 13.9. The van der Waals surface area contributed by atoms with Gasteiger partial charge in [-0.2, -0.15) is 0 Å². The quantitative estimate of drug-likeness (QED) is 0.329. The Balaban J connectivity index is 1.90. The maximum atomic E-state index is 2.70. The molecule has 3 saturated carbocycles. The van der Waals surface area contributed by atoms with Crippen LogP contribution in [-0.2, 0) is 0 Å². The van der Waals surface area contributed by atoms with E-state index in [1.165, 1.54) is 0 Å². The molecule has 0 heterocycles. The Hall–Kier alpha value is -0.260. The van der Waals surface area contributed by atoms with Crippen molar-refractivity contribution in [2.75, 3.05) is 0 Å². The van der Waals surface area contributed by atoms with Gasteiger partial charge in [0.2, 0.25) is 0 Å². The molecule has 0 amide bonds. The lowest BCUT2D eigenvalue weighted by Gasteiger charge is -2.74. The largest absolute Gasteiger partial charge is 0.0851 e. The van der Waals surface area contributed by atoms with E-state index in [0.717, 1.165) is 59.2 Å². The van der Waals surface area contributed by atoms with Gasteiger partial charge >= 0.3 is 0 Å². The first-order valence-corrected chi connectivity index (χ1v) is 14.1. The van der Waals surface area contributed by atoms with Crippen molar-refractivity contribution < 1.29 is 0 Å². The Kier molecular flexibility index (Phi) is 5.54. The van der Waals surface area contributed by atoms with Crippen LogP contribution in [-0.4, -0.2) is 0 Å². The summed E-state index contributed by atoms with van der Waals surface area (Å²) in [6.07, 6.45) is 5.14. The maximum absolute atomic E-state index is 2.70. The Morgan fingerprint density at radius 3 is 1.00 bits per heavy atom. The molecule has 0 radical (unpaired) electrons. The van der Waals surface area contributed by atoms with Crippen LogP contribution in [0, 0.1) is 92.7 Å². The summed E-state index contributed by atoms with van der Waals surface area (Å²) >= 11 is 0. The lowest BCUT2D eigenvalue weighted by Crippen LogP contribution is -2.69. The smallest absolute Gasteiger partial charge is 0.0225 e. The molecule has 0 heteroatoms. The van der Waals surface area contributed by atoms with E-state index in [4.69, 9.17) is 0 Å². The molecule has 184 valence electrons. The molecule has 0 aliphatic heterocycles. The fraction of sp³-hybridized carbons (Fsp3) is 0.938. The molecule has 0 aromatic rings. The summed E-state index contributed by atoms with van der Waals surface area (Å²) in [6.45, 7) is 36.8. The fourth-order valence-electron chi connectivity index (χ4n) is 11.8. The van der Waals surface area contributed by atoms with Crippen molar-refractivity contribution in [2.45, 2.75) is 96.9 Å². The minimum atomic E-state index is 0.376. The molecule has 0 saturated heterocycles. The van der Waals surface area contributed by atoms with Gasteiger partial charge in [0, 0.05) is 0 Å².